The number of rotatable bonds is 2. The van der Waals surface area contributed by atoms with Crippen molar-refractivity contribution in [2.75, 3.05) is 0 Å². The van der Waals surface area contributed by atoms with Gasteiger partial charge in [0.2, 0.25) is 0 Å². The van der Waals surface area contributed by atoms with Gasteiger partial charge >= 0.3 is 0 Å². The summed E-state index contributed by atoms with van der Waals surface area (Å²) in [5.74, 6) is 1.51. The van der Waals surface area contributed by atoms with Crippen molar-refractivity contribution < 1.29 is 4.74 Å². The molecule has 2 atom stereocenters. The largest absolute Gasteiger partial charge is 0.490 e. The van der Waals surface area contributed by atoms with Crippen LogP contribution in [0, 0.1) is 17.2 Å². The van der Waals surface area contributed by atoms with E-state index in [0.29, 0.717) is 16.7 Å². The van der Waals surface area contributed by atoms with Gasteiger partial charge in [0.15, 0.2) is 0 Å². The zero-order chi connectivity index (χ0) is 12.3. The summed E-state index contributed by atoms with van der Waals surface area (Å²) in [4.78, 5) is 0. The van der Waals surface area contributed by atoms with Crippen LogP contribution in [0.3, 0.4) is 0 Å². The third-order valence-corrected chi connectivity index (χ3v) is 3.56. The van der Waals surface area contributed by atoms with E-state index in [1.54, 1.807) is 12.1 Å². The summed E-state index contributed by atoms with van der Waals surface area (Å²) in [7, 11) is 0. The second kappa shape index (κ2) is 6.66. The molecule has 0 heterocycles. The molecule has 98 valence electrons. The summed E-state index contributed by atoms with van der Waals surface area (Å²) in [6, 6.07) is 7.32. The van der Waals surface area contributed by atoms with Crippen LogP contribution in [-0.2, 0) is 0 Å². The summed E-state index contributed by atoms with van der Waals surface area (Å²) in [6.45, 7) is 2.27. The van der Waals surface area contributed by atoms with E-state index in [2.05, 4.69) is 6.92 Å². The van der Waals surface area contributed by atoms with Crippen molar-refractivity contribution in [1.29, 1.82) is 5.26 Å². The molecule has 0 unspecified atom stereocenters. The van der Waals surface area contributed by atoms with Crippen LogP contribution in [0.5, 0.6) is 5.75 Å². The highest BCUT2D eigenvalue weighted by molar-refractivity contribution is 6.31. The van der Waals surface area contributed by atoms with E-state index in [1.807, 2.05) is 12.1 Å². The highest BCUT2D eigenvalue weighted by atomic mass is 35.5. The first-order valence-corrected chi connectivity index (χ1v) is 6.43. The molecular formula is C15H20ClNO. The lowest BCUT2D eigenvalue weighted by molar-refractivity contribution is 0.129. The molecule has 0 spiro atoms. The van der Waals surface area contributed by atoms with Crippen molar-refractivity contribution in [2.45, 2.75) is 46.1 Å². The molecule has 0 bridgehead atoms. The van der Waals surface area contributed by atoms with Gasteiger partial charge in [0.05, 0.1) is 16.7 Å². The number of nitriles is 1. The van der Waals surface area contributed by atoms with Crippen LogP contribution in [0.2, 0.25) is 5.02 Å². The molecule has 3 heteroatoms. The van der Waals surface area contributed by atoms with Gasteiger partial charge in [0.25, 0.3) is 0 Å². The molecule has 1 aromatic carbocycles. The average molecular weight is 266 g/mol. The Kier molecular flexibility index (Phi) is 5.50. The molecule has 2 rings (SSSR count). The van der Waals surface area contributed by atoms with Crippen LogP contribution in [-0.4, -0.2) is 6.10 Å². The highest BCUT2D eigenvalue weighted by Gasteiger charge is 2.20. The minimum Gasteiger partial charge on any atom is -0.490 e. The molecule has 0 aromatic heterocycles. The standard InChI is InChI=1S/C14H16ClNO.CH4/c1-10-3-2-4-12(7-10)17-13-6-5-11(9-16)14(15)8-13;/h5-6,8,10,12H,2-4,7H2,1H3;1H4/t10-,12+;/m1./s1. The zero-order valence-electron chi connectivity index (χ0n) is 9.95. The molecule has 0 amide bonds. The maximum Gasteiger partial charge on any atom is 0.121 e. The first kappa shape index (κ1) is 14.9. The van der Waals surface area contributed by atoms with Crippen LogP contribution in [0.25, 0.3) is 0 Å². The highest BCUT2D eigenvalue weighted by Crippen LogP contribution is 2.29. The molecule has 0 N–H and O–H groups in total. The van der Waals surface area contributed by atoms with E-state index in [4.69, 9.17) is 21.6 Å². The summed E-state index contributed by atoms with van der Waals surface area (Å²) < 4.78 is 5.91. The monoisotopic (exact) mass is 265 g/mol. The van der Waals surface area contributed by atoms with Gasteiger partial charge in [-0.3, -0.25) is 0 Å². The van der Waals surface area contributed by atoms with Crippen LogP contribution in [0.15, 0.2) is 18.2 Å². The molecule has 2 nitrogen and oxygen atoms in total. The lowest BCUT2D eigenvalue weighted by atomic mass is 9.89. The van der Waals surface area contributed by atoms with Gasteiger partial charge in [-0.1, -0.05) is 32.4 Å². The van der Waals surface area contributed by atoms with Crippen molar-refractivity contribution in [2.24, 2.45) is 5.92 Å². The predicted molar refractivity (Wildman–Crippen MR) is 74.9 cm³/mol. The van der Waals surface area contributed by atoms with Crippen molar-refractivity contribution in [1.82, 2.24) is 0 Å². The number of ether oxygens (including phenoxy) is 1. The molecule has 1 aromatic rings. The molecule has 0 saturated heterocycles. The smallest absolute Gasteiger partial charge is 0.121 e. The second-order valence-corrected chi connectivity index (χ2v) is 5.17. The molecule has 1 fully saturated rings. The van der Waals surface area contributed by atoms with Crippen molar-refractivity contribution in [3.05, 3.63) is 28.8 Å². The number of hydrogen-bond donors (Lipinski definition) is 0. The fourth-order valence-corrected chi connectivity index (χ4v) is 2.55. The minimum absolute atomic E-state index is 0. The zero-order valence-corrected chi connectivity index (χ0v) is 10.7. The molecule has 18 heavy (non-hydrogen) atoms. The second-order valence-electron chi connectivity index (χ2n) is 4.77. The number of halogens is 1. The van der Waals surface area contributed by atoms with E-state index in [9.17, 15) is 0 Å². The maximum absolute atomic E-state index is 8.79. The SMILES string of the molecule is C.C[C@@H]1CCC[C@H](Oc2ccc(C#N)c(Cl)c2)C1. The van der Waals surface area contributed by atoms with E-state index in [0.717, 1.165) is 24.5 Å². The Hall–Kier alpha value is -1.20. The van der Waals surface area contributed by atoms with Gasteiger partial charge in [-0.25, -0.2) is 0 Å². The Bertz CT molecular complexity index is 439. The Morgan fingerprint density at radius 1 is 1.39 bits per heavy atom. The number of hydrogen-bond acceptors (Lipinski definition) is 2. The number of benzene rings is 1. The Balaban J connectivity index is 0.00000162. The molecule has 1 aliphatic rings. The van der Waals surface area contributed by atoms with Crippen molar-refractivity contribution in [3.63, 3.8) is 0 Å². The summed E-state index contributed by atoms with van der Waals surface area (Å²) in [5.41, 5.74) is 0.496. The van der Waals surface area contributed by atoms with E-state index >= 15 is 0 Å². The molecule has 1 aliphatic carbocycles. The van der Waals surface area contributed by atoms with Gasteiger partial charge in [-0.05, 0) is 37.3 Å². The van der Waals surface area contributed by atoms with Crippen LogP contribution < -0.4 is 4.74 Å². The van der Waals surface area contributed by atoms with Crippen molar-refractivity contribution >= 4 is 11.6 Å². The predicted octanol–water partition coefficient (Wildman–Crippen LogP) is 4.81. The normalized spacial score (nSPS) is 22.7. The Morgan fingerprint density at radius 2 is 2.17 bits per heavy atom. The maximum atomic E-state index is 8.79. The fraction of sp³-hybridized carbons (Fsp3) is 0.533. The molecule has 0 aliphatic heterocycles. The Morgan fingerprint density at radius 3 is 2.78 bits per heavy atom. The third kappa shape index (κ3) is 3.65. The van der Waals surface area contributed by atoms with E-state index in [-0.39, 0.29) is 7.43 Å². The van der Waals surface area contributed by atoms with Crippen LogP contribution in [0.1, 0.15) is 45.6 Å². The summed E-state index contributed by atoms with van der Waals surface area (Å²) in [5, 5.41) is 9.26. The van der Waals surface area contributed by atoms with Gasteiger partial charge < -0.3 is 4.74 Å². The van der Waals surface area contributed by atoms with E-state index < -0.39 is 0 Å². The molecular weight excluding hydrogens is 246 g/mol. The average Bonchev–Trinajstić information content (AvgIpc) is 2.29. The van der Waals surface area contributed by atoms with Gasteiger partial charge in [0.1, 0.15) is 11.8 Å². The first-order valence-electron chi connectivity index (χ1n) is 6.05. The molecule has 1 saturated carbocycles. The lowest BCUT2D eigenvalue weighted by Crippen LogP contribution is -2.24. The van der Waals surface area contributed by atoms with Gasteiger partial charge in [0, 0.05) is 6.07 Å². The van der Waals surface area contributed by atoms with Crippen molar-refractivity contribution in [3.8, 4) is 11.8 Å². The topological polar surface area (TPSA) is 33.0 Å². The van der Waals surface area contributed by atoms with Gasteiger partial charge in [-0.2, -0.15) is 5.26 Å². The summed E-state index contributed by atoms with van der Waals surface area (Å²) >= 11 is 5.97. The van der Waals surface area contributed by atoms with E-state index in [1.165, 1.54) is 12.8 Å². The summed E-state index contributed by atoms with van der Waals surface area (Å²) in [6.07, 6.45) is 5.05. The Labute approximate surface area is 115 Å². The minimum atomic E-state index is 0. The van der Waals surface area contributed by atoms with Crippen LogP contribution >= 0.6 is 11.6 Å². The van der Waals surface area contributed by atoms with Crippen LogP contribution in [0.4, 0.5) is 0 Å². The first-order chi connectivity index (χ1) is 8.19. The van der Waals surface area contributed by atoms with Gasteiger partial charge in [-0.15, -0.1) is 0 Å². The molecule has 0 radical (unpaired) electrons. The third-order valence-electron chi connectivity index (χ3n) is 3.25. The quantitative estimate of drug-likeness (QED) is 0.769. The lowest BCUT2D eigenvalue weighted by Gasteiger charge is -2.27. The number of nitrogens with zero attached hydrogens (tertiary/aromatic N) is 1. The fourth-order valence-electron chi connectivity index (χ4n) is 2.34.